The van der Waals surface area contributed by atoms with Gasteiger partial charge in [0.1, 0.15) is 6.04 Å². The lowest BCUT2D eigenvalue weighted by Crippen LogP contribution is -2.48. The number of fused-ring (bicyclic) bond motifs is 1. The minimum atomic E-state index is -0.823. The molecule has 1 atom stereocenters. The summed E-state index contributed by atoms with van der Waals surface area (Å²) in [6.07, 6.45) is 6.41. The number of aryl methyl sites for hydroxylation is 1. The van der Waals surface area contributed by atoms with Gasteiger partial charge in [0.15, 0.2) is 0 Å². The summed E-state index contributed by atoms with van der Waals surface area (Å²) in [4.78, 5) is 50.0. The third kappa shape index (κ3) is 8.25. The van der Waals surface area contributed by atoms with Crippen LogP contribution in [-0.2, 0) is 25.6 Å². The number of rotatable bonds is 14. The van der Waals surface area contributed by atoms with Crippen LogP contribution < -0.4 is 21.7 Å². The summed E-state index contributed by atoms with van der Waals surface area (Å²) in [6.45, 7) is 3.59. The molecule has 172 valence electrons. The smallest absolute Gasteiger partial charge is 0.243 e. The van der Waals surface area contributed by atoms with Crippen molar-refractivity contribution in [3.05, 3.63) is 48.7 Å². The predicted molar refractivity (Wildman–Crippen MR) is 122 cm³/mol. The van der Waals surface area contributed by atoms with Crippen LogP contribution in [-0.4, -0.2) is 47.7 Å². The van der Waals surface area contributed by atoms with Gasteiger partial charge in [-0.3, -0.25) is 19.2 Å². The zero-order chi connectivity index (χ0) is 23.3. The van der Waals surface area contributed by atoms with Gasteiger partial charge in [0.2, 0.25) is 23.6 Å². The van der Waals surface area contributed by atoms with Crippen LogP contribution in [0.5, 0.6) is 0 Å². The Balaban J connectivity index is 1.64. The lowest BCUT2D eigenvalue weighted by atomic mass is 10.1. The molecule has 1 aromatic heterocycles. The minimum Gasteiger partial charge on any atom is -0.368 e. The number of aromatic amines is 1. The molecule has 6 N–H and O–H groups in total. The number of benzene rings is 1. The Morgan fingerprint density at radius 3 is 2.59 bits per heavy atom. The van der Waals surface area contributed by atoms with Gasteiger partial charge in [0, 0.05) is 30.1 Å². The second-order valence-electron chi connectivity index (χ2n) is 7.50. The van der Waals surface area contributed by atoms with E-state index in [-0.39, 0.29) is 18.4 Å². The van der Waals surface area contributed by atoms with E-state index in [9.17, 15) is 19.2 Å². The fourth-order valence-electron chi connectivity index (χ4n) is 3.33. The molecule has 0 aliphatic rings. The number of H-pyrrole nitrogens is 1. The van der Waals surface area contributed by atoms with Crippen molar-refractivity contribution in [3.8, 4) is 0 Å². The first kappa shape index (κ1) is 24.6. The van der Waals surface area contributed by atoms with Crippen LogP contribution in [0.15, 0.2) is 43.1 Å². The van der Waals surface area contributed by atoms with Gasteiger partial charge in [0.25, 0.3) is 0 Å². The number of unbranched alkanes of at least 4 members (excludes halogenated alkanes) is 1. The number of hydrogen-bond donors (Lipinski definition) is 5. The van der Waals surface area contributed by atoms with E-state index in [0.29, 0.717) is 38.6 Å². The van der Waals surface area contributed by atoms with Gasteiger partial charge in [-0.25, -0.2) is 0 Å². The normalized spacial score (nSPS) is 11.5. The maximum Gasteiger partial charge on any atom is 0.243 e. The van der Waals surface area contributed by atoms with Crippen LogP contribution in [0.4, 0.5) is 0 Å². The van der Waals surface area contributed by atoms with Gasteiger partial charge in [-0.15, -0.1) is 0 Å². The molecule has 0 bridgehead atoms. The van der Waals surface area contributed by atoms with E-state index < -0.39 is 17.9 Å². The summed E-state index contributed by atoms with van der Waals surface area (Å²) >= 11 is 0. The monoisotopic (exact) mass is 441 g/mol. The highest BCUT2D eigenvalue weighted by Crippen LogP contribution is 2.19. The average Bonchev–Trinajstić information content (AvgIpc) is 3.19. The van der Waals surface area contributed by atoms with Crippen molar-refractivity contribution < 1.29 is 19.2 Å². The molecule has 0 saturated heterocycles. The third-order valence-electron chi connectivity index (χ3n) is 5.05. The molecular weight excluding hydrogens is 410 g/mol. The Morgan fingerprint density at radius 2 is 1.84 bits per heavy atom. The molecule has 1 aromatic carbocycles. The molecule has 0 aliphatic carbocycles. The van der Waals surface area contributed by atoms with Crippen LogP contribution in [0, 0.1) is 0 Å². The predicted octanol–water partition coefficient (Wildman–Crippen LogP) is 1.05. The van der Waals surface area contributed by atoms with E-state index in [1.807, 2.05) is 30.5 Å². The SMILES string of the molecule is C=CC(=O)NCCCCC(NC(=O)CNC(=O)CCCc1c[nH]c2ccccc12)C(N)=O. The molecule has 4 amide bonds. The minimum absolute atomic E-state index is 0.217. The summed E-state index contributed by atoms with van der Waals surface area (Å²) in [7, 11) is 0. The zero-order valence-corrected chi connectivity index (χ0v) is 18.1. The molecular formula is C23H31N5O4. The Bertz CT molecular complexity index is 953. The van der Waals surface area contributed by atoms with Crippen molar-refractivity contribution in [3.63, 3.8) is 0 Å². The Morgan fingerprint density at radius 1 is 1.06 bits per heavy atom. The number of nitrogens with one attached hydrogen (secondary N) is 4. The van der Waals surface area contributed by atoms with Gasteiger partial charge in [0.05, 0.1) is 6.54 Å². The topological polar surface area (TPSA) is 146 Å². The number of carbonyl (C=O) groups excluding carboxylic acids is 4. The van der Waals surface area contributed by atoms with Gasteiger partial charge >= 0.3 is 0 Å². The highest BCUT2D eigenvalue weighted by atomic mass is 16.2. The Kier molecular flexibility index (Phi) is 9.96. The van der Waals surface area contributed by atoms with E-state index in [1.54, 1.807) is 0 Å². The summed E-state index contributed by atoms with van der Waals surface area (Å²) in [6, 6.07) is 7.16. The van der Waals surface area contributed by atoms with E-state index in [2.05, 4.69) is 27.5 Å². The Labute approximate surface area is 187 Å². The fourth-order valence-corrected chi connectivity index (χ4v) is 3.33. The maximum atomic E-state index is 12.1. The largest absolute Gasteiger partial charge is 0.368 e. The van der Waals surface area contributed by atoms with Gasteiger partial charge in [-0.2, -0.15) is 0 Å². The molecule has 0 aliphatic heterocycles. The highest BCUT2D eigenvalue weighted by Gasteiger charge is 2.18. The van der Waals surface area contributed by atoms with Crippen molar-refractivity contribution in [2.24, 2.45) is 5.73 Å². The molecule has 2 rings (SSSR count). The van der Waals surface area contributed by atoms with E-state index >= 15 is 0 Å². The average molecular weight is 442 g/mol. The van der Waals surface area contributed by atoms with Crippen molar-refractivity contribution >= 4 is 34.5 Å². The molecule has 32 heavy (non-hydrogen) atoms. The highest BCUT2D eigenvalue weighted by molar-refractivity contribution is 5.89. The molecule has 1 unspecified atom stereocenters. The van der Waals surface area contributed by atoms with Crippen molar-refractivity contribution in [1.29, 1.82) is 0 Å². The van der Waals surface area contributed by atoms with E-state index in [1.165, 1.54) is 6.08 Å². The number of hydrogen-bond acceptors (Lipinski definition) is 4. The summed E-state index contributed by atoms with van der Waals surface area (Å²) in [5.74, 6) is -1.60. The molecule has 0 saturated carbocycles. The molecule has 0 spiro atoms. The van der Waals surface area contributed by atoms with E-state index in [4.69, 9.17) is 5.73 Å². The molecule has 2 aromatic rings. The number of para-hydroxylation sites is 1. The Hall–Kier alpha value is -3.62. The third-order valence-corrected chi connectivity index (χ3v) is 5.05. The van der Waals surface area contributed by atoms with Crippen molar-refractivity contribution in [1.82, 2.24) is 20.9 Å². The first-order valence-corrected chi connectivity index (χ1v) is 10.7. The quantitative estimate of drug-likeness (QED) is 0.220. The van der Waals surface area contributed by atoms with Gasteiger partial charge < -0.3 is 26.7 Å². The zero-order valence-electron chi connectivity index (χ0n) is 18.1. The fraction of sp³-hybridized carbons (Fsp3) is 0.391. The van der Waals surface area contributed by atoms with Gasteiger partial charge in [-0.05, 0) is 49.8 Å². The maximum absolute atomic E-state index is 12.1. The van der Waals surface area contributed by atoms with Crippen LogP contribution in [0.3, 0.4) is 0 Å². The molecule has 0 fully saturated rings. The number of nitrogens with two attached hydrogens (primary N) is 1. The molecule has 0 radical (unpaired) electrons. The van der Waals surface area contributed by atoms with Crippen LogP contribution in [0.2, 0.25) is 0 Å². The second kappa shape index (κ2) is 12.9. The molecule has 9 nitrogen and oxygen atoms in total. The molecule has 9 heteroatoms. The summed E-state index contributed by atoms with van der Waals surface area (Å²) < 4.78 is 0. The van der Waals surface area contributed by atoms with Gasteiger partial charge in [-0.1, -0.05) is 24.8 Å². The standard InChI is InChI=1S/C23H31N5O4/c1-2-20(29)25-13-6-5-11-19(23(24)32)28-22(31)15-27-21(30)12-7-8-16-14-26-18-10-4-3-9-17(16)18/h2-4,9-10,14,19,26H,1,5-8,11-13,15H2,(H2,24,32)(H,25,29)(H,27,30)(H,28,31). The van der Waals surface area contributed by atoms with Crippen LogP contribution in [0.25, 0.3) is 10.9 Å². The number of amides is 4. The van der Waals surface area contributed by atoms with E-state index in [0.717, 1.165) is 22.9 Å². The first-order valence-electron chi connectivity index (χ1n) is 10.7. The van der Waals surface area contributed by atoms with Crippen LogP contribution >= 0.6 is 0 Å². The van der Waals surface area contributed by atoms with Crippen molar-refractivity contribution in [2.75, 3.05) is 13.1 Å². The number of primary amides is 1. The summed E-state index contributed by atoms with van der Waals surface area (Å²) in [5, 5.41) is 8.90. The van der Waals surface area contributed by atoms with Crippen LogP contribution in [0.1, 0.15) is 37.7 Å². The first-order chi connectivity index (χ1) is 15.4. The lowest BCUT2D eigenvalue weighted by Gasteiger charge is -2.15. The lowest BCUT2D eigenvalue weighted by molar-refractivity contribution is -0.128. The summed E-state index contributed by atoms with van der Waals surface area (Å²) in [5.41, 5.74) is 7.57. The number of aromatic nitrogens is 1. The van der Waals surface area contributed by atoms with Crippen molar-refractivity contribution in [2.45, 2.75) is 44.6 Å². The number of carbonyl (C=O) groups is 4. The molecule has 1 heterocycles. The second-order valence-corrected chi connectivity index (χ2v) is 7.50.